The lowest BCUT2D eigenvalue weighted by atomic mass is 10.0. The van der Waals surface area contributed by atoms with Crippen LogP contribution in [-0.4, -0.2) is 53.6 Å². The molecule has 5 heteroatoms. The molecule has 4 nitrogen and oxygen atoms in total. The minimum atomic E-state index is -0.601. The second-order valence-corrected chi connectivity index (χ2v) is 5.23. The van der Waals surface area contributed by atoms with Gasteiger partial charge < -0.3 is 14.9 Å². The van der Waals surface area contributed by atoms with E-state index in [9.17, 15) is 14.6 Å². The Morgan fingerprint density at radius 3 is 3.00 bits per heavy atom. The van der Waals surface area contributed by atoms with Crippen molar-refractivity contribution in [1.29, 1.82) is 0 Å². The van der Waals surface area contributed by atoms with Crippen LogP contribution < -0.4 is 0 Å². The van der Waals surface area contributed by atoms with E-state index in [0.717, 1.165) is 5.56 Å². The maximum atomic E-state index is 13.3. The number of β-amino-alcohol motifs (C(OH)–C–C–N with tert-alkyl or cyclic N) is 2. The lowest BCUT2D eigenvalue weighted by Crippen LogP contribution is -2.35. The number of benzene rings is 1. The number of aliphatic hydroxyl groups excluding tert-OH is 2. The molecule has 1 heterocycles. The Kier molecular flexibility index (Phi) is 5.48. The van der Waals surface area contributed by atoms with E-state index in [0.29, 0.717) is 26.1 Å². The number of rotatable bonds is 6. The molecule has 0 radical (unpaired) electrons. The highest BCUT2D eigenvalue weighted by atomic mass is 19.1. The SMILES string of the molecule is CCOCC(O)CN1CC(O)CC1c1cccc(F)c1. The van der Waals surface area contributed by atoms with Crippen LogP contribution in [0.2, 0.25) is 0 Å². The molecular formula is C15H22FNO3. The quantitative estimate of drug-likeness (QED) is 0.827. The number of aliphatic hydroxyl groups is 2. The predicted molar refractivity (Wildman–Crippen MR) is 73.8 cm³/mol. The maximum Gasteiger partial charge on any atom is 0.123 e. The normalized spacial score (nSPS) is 25.0. The molecule has 1 saturated heterocycles. The van der Waals surface area contributed by atoms with Crippen LogP contribution in [0.5, 0.6) is 0 Å². The number of ether oxygens (including phenoxy) is 1. The van der Waals surface area contributed by atoms with Crippen molar-refractivity contribution in [2.24, 2.45) is 0 Å². The van der Waals surface area contributed by atoms with E-state index in [1.54, 1.807) is 6.07 Å². The molecule has 20 heavy (non-hydrogen) atoms. The molecule has 3 atom stereocenters. The van der Waals surface area contributed by atoms with Gasteiger partial charge in [-0.1, -0.05) is 12.1 Å². The largest absolute Gasteiger partial charge is 0.392 e. The van der Waals surface area contributed by atoms with E-state index < -0.39 is 12.2 Å². The summed E-state index contributed by atoms with van der Waals surface area (Å²) in [7, 11) is 0. The summed E-state index contributed by atoms with van der Waals surface area (Å²) in [5.74, 6) is -0.279. The molecule has 1 aliphatic rings. The fourth-order valence-corrected chi connectivity index (χ4v) is 2.72. The highest BCUT2D eigenvalue weighted by molar-refractivity contribution is 5.21. The number of halogens is 1. The number of hydrogen-bond donors (Lipinski definition) is 2. The number of hydrogen-bond acceptors (Lipinski definition) is 4. The van der Waals surface area contributed by atoms with Crippen molar-refractivity contribution in [2.45, 2.75) is 31.6 Å². The van der Waals surface area contributed by atoms with Crippen LogP contribution in [0.15, 0.2) is 24.3 Å². The molecule has 112 valence electrons. The molecule has 1 aromatic rings. The van der Waals surface area contributed by atoms with Gasteiger partial charge >= 0.3 is 0 Å². The van der Waals surface area contributed by atoms with Crippen LogP contribution in [-0.2, 0) is 4.74 Å². The summed E-state index contributed by atoms with van der Waals surface area (Å²) in [4.78, 5) is 1.99. The molecular weight excluding hydrogens is 261 g/mol. The van der Waals surface area contributed by atoms with E-state index in [-0.39, 0.29) is 18.5 Å². The van der Waals surface area contributed by atoms with Crippen LogP contribution in [0.1, 0.15) is 24.9 Å². The van der Waals surface area contributed by atoms with Gasteiger partial charge in [0.25, 0.3) is 0 Å². The number of likely N-dealkylation sites (tertiary alicyclic amines) is 1. The molecule has 3 unspecified atom stereocenters. The van der Waals surface area contributed by atoms with Gasteiger partial charge in [0.15, 0.2) is 0 Å². The summed E-state index contributed by atoms with van der Waals surface area (Å²) in [5.41, 5.74) is 0.838. The van der Waals surface area contributed by atoms with E-state index in [1.807, 2.05) is 17.9 Å². The highest BCUT2D eigenvalue weighted by Crippen LogP contribution is 2.32. The van der Waals surface area contributed by atoms with Gasteiger partial charge in [0.1, 0.15) is 5.82 Å². The Hall–Kier alpha value is -1.01. The van der Waals surface area contributed by atoms with Crippen molar-refractivity contribution in [2.75, 3.05) is 26.3 Å². The van der Waals surface area contributed by atoms with Crippen LogP contribution in [0.4, 0.5) is 4.39 Å². The van der Waals surface area contributed by atoms with Crippen LogP contribution in [0.3, 0.4) is 0 Å². The molecule has 1 fully saturated rings. The molecule has 1 aromatic carbocycles. The standard InChI is InChI=1S/C15H22FNO3/c1-2-20-10-14(19)9-17-8-13(18)7-15(17)11-4-3-5-12(16)6-11/h3-6,13-15,18-19H,2,7-10H2,1H3. The van der Waals surface area contributed by atoms with Crippen molar-refractivity contribution in [1.82, 2.24) is 4.90 Å². The monoisotopic (exact) mass is 283 g/mol. The zero-order chi connectivity index (χ0) is 14.5. The average molecular weight is 283 g/mol. The summed E-state index contributed by atoms with van der Waals surface area (Å²) in [6.45, 7) is 3.62. The van der Waals surface area contributed by atoms with Gasteiger partial charge in [-0.2, -0.15) is 0 Å². The Labute approximate surface area is 118 Å². The molecule has 2 N–H and O–H groups in total. The van der Waals surface area contributed by atoms with Crippen LogP contribution in [0.25, 0.3) is 0 Å². The van der Waals surface area contributed by atoms with Crippen molar-refractivity contribution < 1.29 is 19.3 Å². The van der Waals surface area contributed by atoms with Crippen molar-refractivity contribution in [3.63, 3.8) is 0 Å². The molecule has 0 bridgehead atoms. The van der Waals surface area contributed by atoms with Gasteiger partial charge in [0.05, 0.1) is 18.8 Å². The third kappa shape index (κ3) is 3.99. The summed E-state index contributed by atoms with van der Waals surface area (Å²) < 4.78 is 18.5. The Balaban J connectivity index is 2.03. The summed E-state index contributed by atoms with van der Waals surface area (Å²) in [5, 5.41) is 19.8. The van der Waals surface area contributed by atoms with Gasteiger partial charge in [0.2, 0.25) is 0 Å². The lowest BCUT2D eigenvalue weighted by Gasteiger charge is -2.26. The van der Waals surface area contributed by atoms with Gasteiger partial charge in [-0.15, -0.1) is 0 Å². The summed E-state index contributed by atoms with van der Waals surface area (Å²) >= 11 is 0. The summed E-state index contributed by atoms with van der Waals surface area (Å²) in [6, 6.07) is 6.36. The fraction of sp³-hybridized carbons (Fsp3) is 0.600. The average Bonchev–Trinajstić information content (AvgIpc) is 2.77. The first-order valence-electron chi connectivity index (χ1n) is 7.03. The van der Waals surface area contributed by atoms with Crippen LogP contribution in [0, 0.1) is 5.82 Å². The van der Waals surface area contributed by atoms with E-state index >= 15 is 0 Å². The van der Waals surface area contributed by atoms with Gasteiger partial charge in [-0.05, 0) is 31.0 Å². The first kappa shape index (κ1) is 15.4. The topological polar surface area (TPSA) is 52.9 Å². The first-order valence-corrected chi connectivity index (χ1v) is 7.03. The van der Waals surface area contributed by atoms with E-state index in [2.05, 4.69) is 0 Å². The zero-order valence-corrected chi connectivity index (χ0v) is 11.7. The minimum Gasteiger partial charge on any atom is -0.392 e. The van der Waals surface area contributed by atoms with Crippen molar-refractivity contribution in [3.05, 3.63) is 35.6 Å². The predicted octanol–water partition coefficient (Wildman–Crippen LogP) is 1.33. The van der Waals surface area contributed by atoms with Gasteiger partial charge in [-0.25, -0.2) is 4.39 Å². The van der Waals surface area contributed by atoms with Gasteiger partial charge in [-0.3, -0.25) is 4.90 Å². The third-order valence-electron chi connectivity index (χ3n) is 3.57. The molecule has 0 aliphatic carbocycles. The van der Waals surface area contributed by atoms with Crippen LogP contribution >= 0.6 is 0 Å². The number of nitrogens with zero attached hydrogens (tertiary/aromatic N) is 1. The molecule has 1 aliphatic heterocycles. The van der Waals surface area contributed by atoms with Crippen molar-refractivity contribution >= 4 is 0 Å². The molecule has 0 spiro atoms. The highest BCUT2D eigenvalue weighted by Gasteiger charge is 2.33. The summed E-state index contributed by atoms with van der Waals surface area (Å²) in [6.07, 6.45) is -0.482. The fourth-order valence-electron chi connectivity index (χ4n) is 2.72. The van der Waals surface area contributed by atoms with Gasteiger partial charge in [0, 0.05) is 25.7 Å². The van der Waals surface area contributed by atoms with Crippen molar-refractivity contribution in [3.8, 4) is 0 Å². The smallest absolute Gasteiger partial charge is 0.123 e. The Morgan fingerprint density at radius 1 is 1.50 bits per heavy atom. The lowest BCUT2D eigenvalue weighted by molar-refractivity contribution is 0.0170. The Morgan fingerprint density at radius 2 is 2.30 bits per heavy atom. The maximum absolute atomic E-state index is 13.3. The zero-order valence-electron chi connectivity index (χ0n) is 11.7. The molecule has 0 aromatic heterocycles. The molecule has 2 rings (SSSR count). The third-order valence-corrected chi connectivity index (χ3v) is 3.57. The molecule has 0 amide bonds. The minimum absolute atomic E-state index is 0.0584. The van der Waals surface area contributed by atoms with E-state index in [4.69, 9.17) is 4.74 Å². The second kappa shape index (κ2) is 7.13. The Bertz CT molecular complexity index is 429. The molecule has 0 saturated carbocycles. The van der Waals surface area contributed by atoms with E-state index in [1.165, 1.54) is 12.1 Å². The first-order chi connectivity index (χ1) is 9.60. The second-order valence-electron chi connectivity index (χ2n) is 5.23.